The average molecular weight is 431 g/mol. The molecular weight excluding hydrogens is 384 g/mol. The molecular formula is C21H46O3Si3. The lowest BCUT2D eigenvalue weighted by Gasteiger charge is -2.49. The Bertz CT molecular complexity index is 448. The molecule has 0 bridgehead atoms. The van der Waals surface area contributed by atoms with Crippen LogP contribution in [0.1, 0.15) is 54.4 Å². The van der Waals surface area contributed by atoms with Crippen LogP contribution >= 0.6 is 0 Å². The van der Waals surface area contributed by atoms with Gasteiger partial charge in [-0.05, 0) is 75.2 Å². The highest BCUT2D eigenvalue weighted by molar-refractivity contribution is 6.74. The third-order valence-corrected chi connectivity index (χ3v) is 16.4. The number of hydrogen-bond donors (Lipinski definition) is 0. The van der Waals surface area contributed by atoms with E-state index in [0.29, 0.717) is 0 Å². The fraction of sp³-hybridized carbons (Fsp3) is 0.952. The zero-order chi connectivity index (χ0) is 21.5. The average Bonchev–Trinajstić information content (AvgIpc) is 2.37. The molecule has 0 unspecified atom stereocenters. The van der Waals surface area contributed by atoms with Crippen molar-refractivity contribution in [2.45, 2.75) is 129 Å². The zero-order valence-corrected chi connectivity index (χ0v) is 23.4. The Labute approximate surface area is 173 Å². The first-order chi connectivity index (χ1) is 11.8. The molecule has 0 aromatic rings. The molecule has 0 aliphatic heterocycles. The zero-order valence-electron chi connectivity index (χ0n) is 20.4. The molecule has 2 atom stereocenters. The van der Waals surface area contributed by atoms with Gasteiger partial charge in [-0.2, -0.15) is 0 Å². The monoisotopic (exact) mass is 430 g/mol. The molecule has 6 heteroatoms. The van der Waals surface area contributed by atoms with Crippen molar-refractivity contribution in [3.8, 4) is 0 Å². The summed E-state index contributed by atoms with van der Waals surface area (Å²) in [4.78, 5) is 0. The second-order valence-electron chi connectivity index (χ2n) is 12.2. The summed E-state index contributed by atoms with van der Waals surface area (Å²) in [5.74, 6) is 0. The van der Waals surface area contributed by atoms with Crippen LogP contribution in [-0.4, -0.2) is 43.3 Å². The van der Waals surface area contributed by atoms with Crippen LogP contribution in [0.5, 0.6) is 0 Å². The normalized spacial score (nSPS) is 24.3. The third-order valence-electron chi connectivity index (χ3n) is 6.42. The highest BCUT2D eigenvalue weighted by atomic mass is 28.4. The molecule has 2 radical (unpaired) electrons. The molecule has 1 aliphatic rings. The molecule has 1 rings (SSSR count). The molecule has 0 amide bonds. The van der Waals surface area contributed by atoms with Gasteiger partial charge in [0, 0.05) is 0 Å². The van der Waals surface area contributed by atoms with Gasteiger partial charge in [0.05, 0.1) is 18.3 Å². The van der Waals surface area contributed by atoms with Crippen LogP contribution in [0.25, 0.3) is 0 Å². The van der Waals surface area contributed by atoms with Crippen molar-refractivity contribution in [1.82, 2.24) is 0 Å². The van der Waals surface area contributed by atoms with Gasteiger partial charge in [0.2, 0.25) is 0 Å². The van der Waals surface area contributed by atoms with Crippen LogP contribution in [0, 0.1) is 6.42 Å². The van der Waals surface area contributed by atoms with E-state index in [4.69, 9.17) is 13.3 Å². The maximum absolute atomic E-state index is 6.84. The van der Waals surface area contributed by atoms with Crippen molar-refractivity contribution in [3.63, 3.8) is 0 Å². The Balaban J connectivity index is 3.13. The van der Waals surface area contributed by atoms with Crippen LogP contribution < -0.4 is 0 Å². The van der Waals surface area contributed by atoms with Crippen LogP contribution in [0.15, 0.2) is 0 Å². The summed E-state index contributed by atoms with van der Waals surface area (Å²) in [7, 11) is -5.49. The molecule has 160 valence electrons. The summed E-state index contributed by atoms with van der Waals surface area (Å²) in [5, 5.41) is 0.369. The standard InChI is InChI=1S/C21H46O3Si3/c1-20(2,3)26(10,11)22-17-15-14-16-18(19(17)24-25(7,8)9)23-27(12,13)21(4,5)6/h17-19H,15-16H2,1-13H3/t17-,18-/m1/s1. The largest absolute Gasteiger partial charge is 0.411 e. The Kier molecular flexibility index (Phi) is 7.90. The van der Waals surface area contributed by atoms with E-state index in [1.807, 2.05) is 0 Å². The lowest BCUT2D eigenvalue weighted by atomic mass is 9.92. The summed E-state index contributed by atoms with van der Waals surface area (Å²) >= 11 is 0. The van der Waals surface area contributed by atoms with Crippen LogP contribution in [0.2, 0.25) is 55.9 Å². The van der Waals surface area contributed by atoms with Gasteiger partial charge in [-0.25, -0.2) is 0 Å². The molecule has 0 spiro atoms. The first kappa shape index (κ1) is 25.6. The minimum atomic E-state index is -1.88. The van der Waals surface area contributed by atoms with E-state index in [1.54, 1.807) is 0 Å². The quantitative estimate of drug-likeness (QED) is 0.431. The molecule has 0 heterocycles. The fourth-order valence-electron chi connectivity index (χ4n) is 2.73. The highest BCUT2D eigenvalue weighted by Crippen LogP contribution is 2.43. The first-order valence-electron chi connectivity index (χ1n) is 10.5. The summed E-state index contributed by atoms with van der Waals surface area (Å²) in [6, 6.07) is 0. The molecule has 0 N–H and O–H groups in total. The number of hydrogen-bond acceptors (Lipinski definition) is 3. The van der Waals surface area contributed by atoms with Gasteiger partial charge in [-0.15, -0.1) is 0 Å². The van der Waals surface area contributed by atoms with E-state index >= 15 is 0 Å². The summed E-state index contributed by atoms with van der Waals surface area (Å²) < 4.78 is 20.4. The van der Waals surface area contributed by atoms with E-state index in [2.05, 4.69) is 93.8 Å². The van der Waals surface area contributed by atoms with Crippen molar-refractivity contribution in [1.29, 1.82) is 0 Å². The highest BCUT2D eigenvalue weighted by Gasteiger charge is 2.48. The predicted molar refractivity (Wildman–Crippen MR) is 125 cm³/mol. The van der Waals surface area contributed by atoms with E-state index < -0.39 is 25.0 Å². The van der Waals surface area contributed by atoms with Gasteiger partial charge in [0.1, 0.15) is 0 Å². The minimum absolute atomic E-state index is 0.0150. The Hall–Kier alpha value is 0.531. The maximum atomic E-state index is 6.84. The first-order valence-corrected chi connectivity index (χ1v) is 19.7. The van der Waals surface area contributed by atoms with Crippen molar-refractivity contribution in [2.75, 3.05) is 0 Å². The van der Waals surface area contributed by atoms with Gasteiger partial charge in [-0.1, -0.05) is 41.5 Å². The molecule has 1 saturated carbocycles. The van der Waals surface area contributed by atoms with Gasteiger partial charge in [-0.3, -0.25) is 0 Å². The molecule has 0 saturated heterocycles. The topological polar surface area (TPSA) is 27.7 Å². The molecule has 1 aliphatic carbocycles. The SMILES string of the molecule is CC(C)(C)[Si](C)(C)O[C@@H]1C[C]C[C@@H](O[Si](C)(C)C(C)(C)C)C1O[Si](C)(C)C. The van der Waals surface area contributed by atoms with Gasteiger partial charge >= 0.3 is 0 Å². The van der Waals surface area contributed by atoms with Crippen molar-refractivity contribution >= 4 is 25.0 Å². The van der Waals surface area contributed by atoms with E-state index in [1.165, 1.54) is 0 Å². The van der Waals surface area contributed by atoms with Gasteiger partial charge in [0.15, 0.2) is 25.0 Å². The molecule has 3 nitrogen and oxygen atoms in total. The van der Waals surface area contributed by atoms with Crippen LogP contribution in [0.4, 0.5) is 0 Å². The summed E-state index contributed by atoms with van der Waals surface area (Å²) in [6.07, 6.45) is 5.40. The van der Waals surface area contributed by atoms with Crippen molar-refractivity contribution in [2.24, 2.45) is 0 Å². The Morgan fingerprint density at radius 3 is 1.22 bits per heavy atom. The van der Waals surface area contributed by atoms with E-state index in [0.717, 1.165) is 12.8 Å². The Morgan fingerprint density at radius 1 is 0.630 bits per heavy atom. The van der Waals surface area contributed by atoms with E-state index in [-0.39, 0.29) is 28.4 Å². The van der Waals surface area contributed by atoms with Crippen LogP contribution in [0.3, 0.4) is 0 Å². The molecule has 27 heavy (non-hydrogen) atoms. The third kappa shape index (κ3) is 7.07. The summed E-state index contributed by atoms with van der Waals surface area (Å²) in [5.41, 5.74) is 0. The van der Waals surface area contributed by atoms with Gasteiger partial charge in [0.25, 0.3) is 0 Å². The second kappa shape index (κ2) is 8.34. The molecule has 0 aromatic heterocycles. The number of rotatable bonds is 6. The van der Waals surface area contributed by atoms with Gasteiger partial charge < -0.3 is 13.3 Å². The van der Waals surface area contributed by atoms with Crippen molar-refractivity contribution < 1.29 is 13.3 Å². The fourth-order valence-corrected chi connectivity index (χ4v) is 6.50. The summed E-state index contributed by atoms with van der Waals surface area (Å²) in [6.45, 7) is 29.9. The van der Waals surface area contributed by atoms with E-state index in [9.17, 15) is 0 Å². The molecule has 1 fully saturated rings. The maximum Gasteiger partial charge on any atom is 0.192 e. The second-order valence-corrected chi connectivity index (χ2v) is 26.2. The lowest BCUT2D eigenvalue weighted by molar-refractivity contribution is -0.0515. The van der Waals surface area contributed by atoms with Crippen molar-refractivity contribution in [3.05, 3.63) is 6.42 Å². The lowest BCUT2D eigenvalue weighted by Crippen LogP contribution is -2.58. The minimum Gasteiger partial charge on any atom is -0.411 e. The Morgan fingerprint density at radius 2 is 0.963 bits per heavy atom. The predicted octanol–water partition coefficient (Wildman–Crippen LogP) is 6.86. The molecule has 0 aromatic carbocycles. The smallest absolute Gasteiger partial charge is 0.192 e. The van der Waals surface area contributed by atoms with Crippen LogP contribution in [-0.2, 0) is 13.3 Å².